The third kappa shape index (κ3) is 5.47. The second kappa shape index (κ2) is 8.20. The molecule has 7 heteroatoms. The molecule has 152 valence electrons. The van der Waals surface area contributed by atoms with Crippen LogP contribution in [0.2, 0.25) is 0 Å². The first-order valence-electron chi connectivity index (χ1n) is 9.80. The van der Waals surface area contributed by atoms with Crippen molar-refractivity contribution in [2.24, 2.45) is 5.92 Å². The Morgan fingerprint density at radius 2 is 1.79 bits per heavy atom. The Hall–Kier alpha value is -2.57. The van der Waals surface area contributed by atoms with Crippen molar-refractivity contribution >= 4 is 23.7 Å². The average Bonchev–Trinajstić information content (AvgIpc) is 3.37. The highest BCUT2D eigenvalue weighted by Crippen LogP contribution is 2.30. The van der Waals surface area contributed by atoms with Crippen LogP contribution in [-0.2, 0) is 14.3 Å². The molecule has 3 rings (SSSR count). The SMILES string of the molecule is CC(C)(C)OC(=O)N1CCCC1COC(=O)c1ccc(NC(=O)C2CC2)cc1. The molecule has 2 amide bonds. The molecule has 1 unspecified atom stereocenters. The smallest absolute Gasteiger partial charge is 0.410 e. The normalized spacial score (nSPS) is 19.2. The van der Waals surface area contributed by atoms with Crippen molar-refractivity contribution in [2.75, 3.05) is 18.5 Å². The second-order valence-electron chi connectivity index (χ2n) is 8.41. The summed E-state index contributed by atoms with van der Waals surface area (Å²) < 4.78 is 10.8. The van der Waals surface area contributed by atoms with E-state index >= 15 is 0 Å². The summed E-state index contributed by atoms with van der Waals surface area (Å²) in [4.78, 5) is 38.0. The van der Waals surface area contributed by atoms with Gasteiger partial charge in [0.15, 0.2) is 0 Å². The Labute approximate surface area is 165 Å². The van der Waals surface area contributed by atoms with Crippen LogP contribution in [0.25, 0.3) is 0 Å². The van der Waals surface area contributed by atoms with Gasteiger partial charge in [0.2, 0.25) is 5.91 Å². The Bertz CT molecular complexity index is 734. The molecule has 0 aromatic heterocycles. The standard InChI is InChI=1S/C21H28N2O5/c1-21(2,3)28-20(26)23-12-4-5-17(23)13-27-19(25)15-8-10-16(11-9-15)22-18(24)14-6-7-14/h8-11,14,17H,4-7,12-13H2,1-3H3,(H,22,24). The van der Waals surface area contributed by atoms with Gasteiger partial charge in [-0.3, -0.25) is 4.79 Å². The minimum atomic E-state index is -0.558. The predicted octanol–water partition coefficient (Wildman–Crippen LogP) is 3.59. The van der Waals surface area contributed by atoms with E-state index in [1.54, 1.807) is 29.2 Å². The zero-order valence-corrected chi connectivity index (χ0v) is 16.7. The lowest BCUT2D eigenvalue weighted by atomic mass is 10.2. The third-order valence-corrected chi connectivity index (χ3v) is 4.75. The van der Waals surface area contributed by atoms with E-state index in [4.69, 9.17) is 9.47 Å². The largest absolute Gasteiger partial charge is 0.460 e. The van der Waals surface area contributed by atoms with Crippen molar-refractivity contribution in [1.29, 1.82) is 0 Å². The lowest BCUT2D eigenvalue weighted by Gasteiger charge is -2.28. The minimum absolute atomic E-state index is 0.0267. The maximum Gasteiger partial charge on any atom is 0.410 e. The Balaban J connectivity index is 1.50. The van der Waals surface area contributed by atoms with Gasteiger partial charge >= 0.3 is 12.1 Å². The number of nitrogens with one attached hydrogen (secondary N) is 1. The van der Waals surface area contributed by atoms with Gasteiger partial charge in [0.25, 0.3) is 0 Å². The van der Waals surface area contributed by atoms with Crippen molar-refractivity contribution < 1.29 is 23.9 Å². The maximum atomic E-state index is 12.3. The third-order valence-electron chi connectivity index (χ3n) is 4.75. The number of ether oxygens (including phenoxy) is 2. The summed E-state index contributed by atoms with van der Waals surface area (Å²) in [6.07, 6.45) is 3.15. The fraction of sp³-hybridized carbons (Fsp3) is 0.571. The van der Waals surface area contributed by atoms with Crippen LogP contribution in [0, 0.1) is 5.92 Å². The highest BCUT2D eigenvalue weighted by atomic mass is 16.6. The van der Waals surface area contributed by atoms with Gasteiger partial charge in [-0.25, -0.2) is 9.59 Å². The second-order valence-corrected chi connectivity index (χ2v) is 8.41. The first kappa shape index (κ1) is 20.2. The molecular weight excluding hydrogens is 360 g/mol. The van der Waals surface area contributed by atoms with Gasteiger partial charge < -0.3 is 19.7 Å². The van der Waals surface area contributed by atoms with Crippen LogP contribution >= 0.6 is 0 Å². The van der Waals surface area contributed by atoms with Gasteiger partial charge in [-0.05, 0) is 70.7 Å². The van der Waals surface area contributed by atoms with Crippen molar-refractivity contribution in [1.82, 2.24) is 4.90 Å². The van der Waals surface area contributed by atoms with E-state index in [-0.39, 0.29) is 30.6 Å². The van der Waals surface area contributed by atoms with Gasteiger partial charge in [-0.1, -0.05) is 0 Å². The highest BCUT2D eigenvalue weighted by molar-refractivity contribution is 5.95. The van der Waals surface area contributed by atoms with E-state index in [0.29, 0.717) is 17.8 Å². The number of carbonyl (C=O) groups excluding carboxylic acids is 3. The molecule has 1 N–H and O–H groups in total. The molecule has 2 aliphatic rings. The van der Waals surface area contributed by atoms with Gasteiger partial charge in [-0.2, -0.15) is 0 Å². The molecule has 1 saturated carbocycles. The number of likely N-dealkylation sites (tertiary alicyclic amines) is 1. The van der Waals surface area contributed by atoms with Gasteiger partial charge in [0, 0.05) is 18.2 Å². The fourth-order valence-corrected chi connectivity index (χ4v) is 3.10. The van der Waals surface area contributed by atoms with Gasteiger partial charge in [-0.15, -0.1) is 0 Å². The number of nitrogens with zero attached hydrogens (tertiary/aromatic N) is 1. The Morgan fingerprint density at radius 3 is 2.39 bits per heavy atom. The number of anilines is 1. The van der Waals surface area contributed by atoms with E-state index in [2.05, 4.69) is 5.32 Å². The first-order valence-corrected chi connectivity index (χ1v) is 9.80. The van der Waals surface area contributed by atoms with Crippen LogP contribution in [0.4, 0.5) is 10.5 Å². The maximum absolute atomic E-state index is 12.3. The lowest BCUT2D eigenvalue weighted by molar-refractivity contribution is -0.117. The molecular formula is C21H28N2O5. The van der Waals surface area contributed by atoms with Crippen molar-refractivity contribution in [3.63, 3.8) is 0 Å². The van der Waals surface area contributed by atoms with Gasteiger partial charge in [0.1, 0.15) is 12.2 Å². The molecule has 1 saturated heterocycles. The summed E-state index contributed by atoms with van der Waals surface area (Å²) >= 11 is 0. The monoisotopic (exact) mass is 388 g/mol. The average molecular weight is 388 g/mol. The minimum Gasteiger partial charge on any atom is -0.460 e. The van der Waals surface area contributed by atoms with E-state index in [9.17, 15) is 14.4 Å². The van der Waals surface area contributed by atoms with E-state index in [0.717, 1.165) is 25.7 Å². The number of amides is 2. The van der Waals surface area contributed by atoms with E-state index < -0.39 is 11.6 Å². The quantitative estimate of drug-likeness (QED) is 0.779. The summed E-state index contributed by atoms with van der Waals surface area (Å²) in [5.74, 6) is -0.293. The zero-order chi connectivity index (χ0) is 20.3. The number of benzene rings is 1. The molecule has 1 aromatic rings. The van der Waals surface area contributed by atoms with Gasteiger partial charge in [0.05, 0.1) is 11.6 Å². The summed E-state index contributed by atoms with van der Waals surface area (Å²) in [5.41, 5.74) is 0.518. The molecule has 1 heterocycles. The van der Waals surface area contributed by atoms with Crippen molar-refractivity contribution in [2.45, 2.75) is 58.1 Å². The highest BCUT2D eigenvalue weighted by Gasteiger charge is 2.33. The number of hydrogen-bond acceptors (Lipinski definition) is 5. The number of hydrogen-bond donors (Lipinski definition) is 1. The summed E-state index contributed by atoms with van der Waals surface area (Å²) in [6, 6.07) is 6.48. The molecule has 0 bridgehead atoms. The van der Waals surface area contributed by atoms with Crippen LogP contribution in [0.1, 0.15) is 56.8 Å². The van der Waals surface area contributed by atoms with Crippen molar-refractivity contribution in [3.05, 3.63) is 29.8 Å². The number of esters is 1. The summed E-state index contributed by atoms with van der Waals surface area (Å²) in [5, 5.41) is 2.83. The van der Waals surface area contributed by atoms with E-state index in [1.807, 2.05) is 20.8 Å². The molecule has 1 aliphatic heterocycles. The summed E-state index contributed by atoms with van der Waals surface area (Å²) in [7, 11) is 0. The van der Waals surface area contributed by atoms with Crippen LogP contribution in [0.15, 0.2) is 24.3 Å². The Kier molecular flexibility index (Phi) is 5.91. The van der Waals surface area contributed by atoms with Crippen molar-refractivity contribution in [3.8, 4) is 0 Å². The molecule has 0 radical (unpaired) electrons. The molecule has 7 nitrogen and oxygen atoms in total. The molecule has 0 spiro atoms. The van der Waals surface area contributed by atoms with Crippen LogP contribution in [0.3, 0.4) is 0 Å². The molecule has 2 fully saturated rings. The zero-order valence-electron chi connectivity index (χ0n) is 16.7. The molecule has 1 aliphatic carbocycles. The Morgan fingerprint density at radius 1 is 1.11 bits per heavy atom. The topological polar surface area (TPSA) is 84.9 Å². The summed E-state index contributed by atoms with van der Waals surface area (Å²) in [6.45, 7) is 6.22. The molecule has 28 heavy (non-hydrogen) atoms. The number of rotatable bonds is 5. The predicted molar refractivity (Wildman–Crippen MR) is 104 cm³/mol. The lowest BCUT2D eigenvalue weighted by Crippen LogP contribution is -2.42. The number of carbonyl (C=O) groups is 3. The van der Waals surface area contributed by atoms with E-state index in [1.165, 1.54) is 0 Å². The van der Waals surface area contributed by atoms with Crippen LogP contribution in [0.5, 0.6) is 0 Å². The molecule has 1 atom stereocenters. The first-order chi connectivity index (χ1) is 13.2. The fourth-order valence-electron chi connectivity index (χ4n) is 3.10. The van der Waals surface area contributed by atoms with Crippen LogP contribution in [-0.4, -0.2) is 47.7 Å². The van der Waals surface area contributed by atoms with Crippen LogP contribution < -0.4 is 5.32 Å². The molecule has 1 aromatic carbocycles.